The quantitative estimate of drug-likeness (QED) is 0.354. The average molecular weight is 528 g/mol. The Morgan fingerprint density at radius 3 is 1.55 bits per heavy atom. The van der Waals surface area contributed by atoms with Gasteiger partial charge in [0.2, 0.25) is 17.7 Å². The summed E-state index contributed by atoms with van der Waals surface area (Å²) in [5, 5.41) is 3.18. The molecule has 2 rings (SSSR count). The summed E-state index contributed by atoms with van der Waals surface area (Å²) in [6.07, 6.45) is 6.30. The predicted octanol–water partition coefficient (Wildman–Crippen LogP) is 7.95. The molecule has 6 heteroatoms. The third kappa shape index (κ3) is 8.31. The molecular weight excluding hydrogens is 474 g/mol. The minimum absolute atomic E-state index is 0.0157. The van der Waals surface area contributed by atoms with Crippen molar-refractivity contribution in [1.29, 1.82) is 0 Å². The molecule has 1 aromatic rings. The summed E-state index contributed by atoms with van der Waals surface area (Å²) in [6.45, 7) is 20.6. The van der Waals surface area contributed by atoms with Crippen LogP contribution in [0.5, 0.6) is 0 Å². The van der Waals surface area contributed by atoms with E-state index in [9.17, 15) is 14.4 Å². The molecule has 0 bridgehead atoms. The van der Waals surface area contributed by atoms with Crippen LogP contribution in [-0.4, -0.2) is 28.8 Å². The first-order valence-corrected chi connectivity index (χ1v) is 14.7. The molecule has 1 saturated carbocycles. The van der Waals surface area contributed by atoms with Gasteiger partial charge in [0.1, 0.15) is 0 Å². The second kappa shape index (κ2) is 13.1. The smallest absolute Gasteiger partial charge is 0.227 e. The van der Waals surface area contributed by atoms with E-state index in [-0.39, 0.29) is 23.6 Å². The Morgan fingerprint density at radius 2 is 1.21 bits per heavy atom. The number of benzene rings is 1. The topological polar surface area (TPSA) is 69.7 Å². The molecule has 1 aromatic carbocycles. The third-order valence-corrected chi connectivity index (χ3v) is 7.54. The molecule has 0 radical (unpaired) electrons. The van der Waals surface area contributed by atoms with Crippen molar-refractivity contribution in [1.82, 2.24) is 0 Å². The Morgan fingerprint density at radius 1 is 0.789 bits per heavy atom. The lowest BCUT2D eigenvalue weighted by Gasteiger charge is -2.39. The standard InChI is InChI=1S/C32H53N3O3/c1-11-13-28(36)34(31(5,6)7)26-19-25(33-30(38)24-17-15-23(16-18-24)22(3)4)20-27(21-26)35(32(8,9)10)29(37)14-12-2/h19-24H,11-18H2,1-10H3,(H,33,38)/t23-,24+. The van der Waals surface area contributed by atoms with Gasteiger partial charge < -0.3 is 15.1 Å². The summed E-state index contributed by atoms with van der Waals surface area (Å²) in [5.41, 5.74) is 1.09. The van der Waals surface area contributed by atoms with E-state index in [1.807, 2.05) is 83.4 Å². The zero-order valence-electron chi connectivity index (χ0n) is 25.7. The summed E-state index contributed by atoms with van der Waals surface area (Å²) in [6, 6.07) is 5.72. The van der Waals surface area contributed by atoms with Crippen LogP contribution in [0.3, 0.4) is 0 Å². The Bertz CT molecular complexity index is 909. The van der Waals surface area contributed by atoms with Gasteiger partial charge in [-0.05, 0) is 110 Å². The van der Waals surface area contributed by atoms with Gasteiger partial charge in [0.25, 0.3) is 0 Å². The number of anilines is 3. The van der Waals surface area contributed by atoms with Gasteiger partial charge in [-0.1, -0.05) is 27.7 Å². The minimum atomic E-state index is -0.471. The maximum atomic E-state index is 13.4. The predicted molar refractivity (Wildman–Crippen MR) is 160 cm³/mol. The lowest BCUT2D eigenvalue weighted by Crippen LogP contribution is -2.47. The van der Waals surface area contributed by atoms with Crippen molar-refractivity contribution in [2.75, 3.05) is 15.1 Å². The number of carbonyl (C=O) groups is 3. The Hall–Kier alpha value is -2.37. The summed E-state index contributed by atoms with van der Waals surface area (Å²) >= 11 is 0. The van der Waals surface area contributed by atoms with E-state index in [0.717, 1.165) is 38.5 Å². The first-order chi connectivity index (χ1) is 17.6. The van der Waals surface area contributed by atoms with Crippen LogP contribution < -0.4 is 15.1 Å². The van der Waals surface area contributed by atoms with Gasteiger partial charge >= 0.3 is 0 Å². The average Bonchev–Trinajstić information content (AvgIpc) is 2.77. The molecular formula is C32H53N3O3. The number of rotatable bonds is 9. The highest BCUT2D eigenvalue weighted by Crippen LogP contribution is 2.37. The van der Waals surface area contributed by atoms with E-state index in [1.54, 1.807) is 0 Å². The number of nitrogens with zero attached hydrogens (tertiary/aromatic N) is 2. The molecule has 6 nitrogen and oxygen atoms in total. The van der Waals surface area contributed by atoms with Crippen LogP contribution in [-0.2, 0) is 14.4 Å². The van der Waals surface area contributed by atoms with Crippen molar-refractivity contribution in [3.05, 3.63) is 18.2 Å². The molecule has 0 saturated heterocycles. The number of nitrogens with one attached hydrogen (secondary N) is 1. The monoisotopic (exact) mass is 527 g/mol. The lowest BCUT2D eigenvalue weighted by atomic mass is 9.76. The fraction of sp³-hybridized carbons (Fsp3) is 0.719. The van der Waals surface area contributed by atoms with Crippen molar-refractivity contribution in [2.45, 2.75) is 132 Å². The maximum absolute atomic E-state index is 13.4. The highest BCUT2D eigenvalue weighted by atomic mass is 16.2. The van der Waals surface area contributed by atoms with E-state index in [0.29, 0.717) is 41.7 Å². The molecule has 3 amide bonds. The molecule has 1 aliphatic rings. The zero-order chi connectivity index (χ0) is 28.8. The summed E-state index contributed by atoms with van der Waals surface area (Å²) < 4.78 is 0. The molecule has 214 valence electrons. The van der Waals surface area contributed by atoms with E-state index < -0.39 is 11.1 Å². The molecule has 0 spiro atoms. The molecule has 0 heterocycles. The minimum Gasteiger partial charge on any atom is -0.326 e. The molecule has 0 aliphatic heterocycles. The van der Waals surface area contributed by atoms with Gasteiger partial charge in [-0.25, -0.2) is 0 Å². The molecule has 0 atom stereocenters. The van der Waals surface area contributed by atoms with Crippen molar-refractivity contribution >= 4 is 34.8 Å². The molecule has 1 fully saturated rings. The van der Waals surface area contributed by atoms with Crippen molar-refractivity contribution in [3.8, 4) is 0 Å². The molecule has 1 N–H and O–H groups in total. The van der Waals surface area contributed by atoms with Crippen LogP contribution in [0, 0.1) is 17.8 Å². The third-order valence-electron chi connectivity index (χ3n) is 7.54. The number of hydrogen-bond donors (Lipinski definition) is 1. The molecule has 0 aromatic heterocycles. The Kier molecular flexibility index (Phi) is 11.0. The Balaban J connectivity index is 2.56. The SMILES string of the molecule is CCCC(=O)N(c1cc(NC(=O)[C@H]2CC[C@@H](C(C)C)CC2)cc(N(C(=O)CCC)C(C)(C)C)c1)C(C)(C)C. The van der Waals surface area contributed by atoms with E-state index in [1.165, 1.54) is 0 Å². The van der Waals surface area contributed by atoms with Gasteiger partial charge in [-0.15, -0.1) is 0 Å². The van der Waals surface area contributed by atoms with Gasteiger partial charge in [0.15, 0.2) is 0 Å². The van der Waals surface area contributed by atoms with Crippen molar-refractivity contribution < 1.29 is 14.4 Å². The van der Waals surface area contributed by atoms with E-state index in [2.05, 4.69) is 19.2 Å². The fourth-order valence-corrected chi connectivity index (χ4v) is 5.68. The van der Waals surface area contributed by atoms with Crippen molar-refractivity contribution in [3.63, 3.8) is 0 Å². The molecule has 1 aliphatic carbocycles. The van der Waals surface area contributed by atoms with Crippen LogP contribution in [0.25, 0.3) is 0 Å². The first-order valence-electron chi connectivity index (χ1n) is 14.7. The fourth-order valence-electron chi connectivity index (χ4n) is 5.68. The normalized spacial score (nSPS) is 18.3. The van der Waals surface area contributed by atoms with E-state index >= 15 is 0 Å². The summed E-state index contributed by atoms with van der Waals surface area (Å²) in [5.74, 6) is 1.40. The van der Waals surface area contributed by atoms with Gasteiger partial charge in [0.05, 0.1) is 0 Å². The zero-order valence-corrected chi connectivity index (χ0v) is 25.7. The highest BCUT2D eigenvalue weighted by molar-refractivity contribution is 6.01. The number of carbonyl (C=O) groups excluding carboxylic acids is 3. The van der Waals surface area contributed by atoms with Crippen LogP contribution >= 0.6 is 0 Å². The van der Waals surface area contributed by atoms with Gasteiger partial charge in [-0.3, -0.25) is 14.4 Å². The summed E-state index contributed by atoms with van der Waals surface area (Å²) in [4.78, 5) is 43.7. The van der Waals surface area contributed by atoms with Crippen LogP contribution in [0.4, 0.5) is 17.1 Å². The van der Waals surface area contributed by atoms with E-state index in [4.69, 9.17) is 0 Å². The number of amides is 3. The first kappa shape index (κ1) is 31.8. The van der Waals surface area contributed by atoms with Gasteiger partial charge in [-0.2, -0.15) is 0 Å². The van der Waals surface area contributed by atoms with Crippen LogP contribution in [0.1, 0.15) is 121 Å². The molecule has 38 heavy (non-hydrogen) atoms. The number of hydrogen-bond acceptors (Lipinski definition) is 3. The highest BCUT2D eigenvalue weighted by Gasteiger charge is 2.33. The largest absolute Gasteiger partial charge is 0.326 e. The second-order valence-corrected chi connectivity index (χ2v) is 13.4. The lowest BCUT2D eigenvalue weighted by molar-refractivity contribution is -0.121. The summed E-state index contributed by atoms with van der Waals surface area (Å²) in [7, 11) is 0. The van der Waals surface area contributed by atoms with Crippen molar-refractivity contribution in [2.24, 2.45) is 17.8 Å². The van der Waals surface area contributed by atoms with Gasteiger partial charge in [0, 0.05) is 46.9 Å². The van der Waals surface area contributed by atoms with Crippen LogP contribution in [0.15, 0.2) is 18.2 Å². The maximum Gasteiger partial charge on any atom is 0.227 e. The Labute approximate surface area is 231 Å². The molecule has 0 unspecified atom stereocenters. The van der Waals surface area contributed by atoms with Crippen LogP contribution in [0.2, 0.25) is 0 Å². The second-order valence-electron chi connectivity index (χ2n) is 13.4.